The summed E-state index contributed by atoms with van der Waals surface area (Å²) < 4.78 is 7.40. The van der Waals surface area contributed by atoms with Crippen molar-refractivity contribution >= 4 is 16.9 Å². The van der Waals surface area contributed by atoms with Crippen LogP contribution in [0.25, 0.3) is 27.8 Å². The van der Waals surface area contributed by atoms with Gasteiger partial charge in [0, 0.05) is 30.5 Å². The molecule has 0 radical (unpaired) electrons. The van der Waals surface area contributed by atoms with Crippen LogP contribution in [0.5, 0.6) is 5.75 Å². The summed E-state index contributed by atoms with van der Waals surface area (Å²) in [5.41, 5.74) is 11.0. The van der Waals surface area contributed by atoms with E-state index in [-0.39, 0.29) is 6.61 Å². The summed E-state index contributed by atoms with van der Waals surface area (Å²) in [7, 11) is 1.65. The molecule has 4 N–H and O–H groups in total. The first kappa shape index (κ1) is 18.9. The second-order valence-electron chi connectivity index (χ2n) is 6.67. The highest BCUT2D eigenvalue weighted by molar-refractivity contribution is 6.01. The first-order chi connectivity index (χ1) is 14.2. The van der Waals surface area contributed by atoms with E-state index >= 15 is 0 Å². The molecule has 0 aliphatic rings. The summed E-state index contributed by atoms with van der Waals surface area (Å²) in [6.07, 6.45) is 3.51. The molecule has 0 fully saturated rings. The number of nitrogens with zero attached hydrogens (tertiary/aromatic N) is 3. The van der Waals surface area contributed by atoms with Crippen molar-refractivity contribution in [1.82, 2.24) is 19.9 Å². The highest BCUT2D eigenvalue weighted by Crippen LogP contribution is 2.35. The van der Waals surface area contributed by atoms with Gasteiger partial charge in [-0.15, -0.1) is 0 Å². The molecule has 2 heterocycles. The van der Waals surface area contributed by atoms with Gasteiger partial charge >= 0.3 is 0 Å². The Labute approximate surface area is 168 Å². The number of nitrogen functional groups attached to an aromatic ring is 1. The number of hydrogen-bond donors (Lipinski definition) is 3. The predicted molar refractivity (Wildman–Crippen MR) is 114 cm³/mol. The number of benzene rings is 2. The lowest BCUT2D eigenvalue weighted by molar-refractivity contribution is 0.292. The van der Waals surface area contributed by atoms with Gasteiger partial charge in [0.1, 0.15) is 17.9 Å². The highest BCUT2D eigenvalue weighted by Gasteiger charge is 2.16. The maximum atomic E-state index is 8.97. The van der Waals surface area contributed by atoms with Crippen LogP contribution in [-0.2, 0) is 6.54 Å². The molecule has 0 aliphatic carbocycles. The normalized spacial score (nSPS) is 11.1. The zero-order valence-electron chi connectivity index (χ0n) is 16.2. The van der Waals surface area contributed by atoms with Crippen LogP contribution in [0.4, 0.5) is 5.82 Å². The molecule has 0 saturated heterocycles. The minimum Gasteiger partial charge on any atom is -0.497 e. The predicted octanol–water partition coefficient (Wildman–Crippen LogP) is 2.76. The van der Waals surface area contributed by atoms with Gasteiger partial charge in [0.25, 0.3) is 0 Å². The molecule has 0 saturated carbocycles. The van der Waals surface area contributed by atoms with Crippen molar-refractivity contribution in [3.05, 3.63) is 66.6 Å². The molecular formula is C22H23N5O2. The first-order valence-electron chi connectivity index (χ1n) is 9.38. The first-order valence-corrected chi connectivity index (χ1v) is 9.38. The molecule has 7 heteroatoms. The van der Waals surface area contributed by atoms with Gasteiger partial charge in [-0.1, -0.05) is 24.3 Å². The fraction of sp³-hybridized carbons (Fsp3) is 0.182. The zero-order chi connectivity index (χ0) is 20.2. The summed E-state index contributed by atoms with van der Waals surface area (Å²) >= 11 is 0. The molecule has 0 amide bonds. The Hall–Kier alpha value is -3.42. The molecule has 29 heavy (non-hydrogen) atoms. The lowest BCUT2D eigenvalue weighted by atomic mass is 10.1. The van der Waals surface area contributed by atoms with Crippen LogP contribution < -0.4 is 15.8 Å². The van der Waals surface area contributed by atoms with Gasteiger partial charge in [0.15, 0.2) is 5.65 Å². The van der Waals surface area contributed by atoms with Crippen molar-refractivity contribution in [2.75, 3.05) is 26.0 Å². The van der Waals surface area contributed by atoms with Crippen LogP contribution in [0.15, 0.2) is 61.1 Å². The Bertz CT molecular complexity index is 1140. The number of nitrogens with one attached hydrogen (secondary N) is 1. The molecule has 0 unspecified atom stereocenters. The number of anilines is 1. The largest absolute Gasteiger partial charge is 0.497 e. The average Bonchev–Trinajstić information content (AvgIpc) is 3.15. The number of hydrogen-bond acceptors (Lipinski definition) is 6. The van der Waals surface area contributed by atoms with Gasteiger partial charge in [-0.3, -0.25) is 0 Å². The Balaban J connectivity index is 1.84. The van der Waals surface area contributed by atoms with E-state index in [1.807, 2.05) is 53.2 Å². The van der Waals surface area contributed by atoms with Gasteiger partial charge in [0.05, 0.1) is 19.1 Å². The standard InChI is InChI=1S/C22H23N5O2/c1-29-18-7-3-5-16(11-18)19-13-27(22-20(19)21(23)25-14-26-22)17-6-2-4-15(10-17)12-24-8-9-28/h2-7,10-11,13-14,24,28H,8-9,12H2,1H3,(H2,23,25,26). The maximum Gasteiger partial charge on any atom is 0.150 e. The van der Waals surface area contributed by atoms with Gasteiger partial charge in [-0.05, 0) is 35.4 Å². The van der Waals surface area contributed by atoms with Crippen LogP contribution in [0.1, 0.15) is 5.56 Å². The van der Waals surface area contributed by atoms with Crippen LogP contribution >= 0.6 is 0 Å². The number of aromatic nitrogens is 3. The fourth-order valence-electron chi connectivity index (χ4n) is 3.42. The number of fused-ring (bicyclic) bond motifs is 1. The van der Waals surface area contributed by atoms with Crippen LogP contribution in [0.3, 0.4) is 0 Å². The number of aliphatic hydroxyl groups is 1. The van der Waals surface area contributed by atoms with Crippen LogP contribution in [-0.4, -0.2) is 39.9 Å². The molecule has 7 nitrogen and oxygen atoms in total. The van der Waals surface area contributed by atoms with Crippen molar-refractivity contribution in [1.29, 1.82) is 0 Å². The zero-order valence-corrected chi connectivity index (χ0v) is 16.2. The number of nitrogens with two attached hydrogens (primary N) is 1. The van der Waals surface area contributed by atoms with Crippen LogP contribution in [0, 0.1) is 0 Å². The van der Waals surface area contributed by atoms with Crippen molar-refractivity contribution < 1.29 is 9.84 Å². The maximum absolute atomic E-state index is 8.97. The van der Waals surface area contributed by atoms with Gasteiger partial charge in [-0.25, -0.2) is 9.97 Å². The van der Waals surface area contributed by atoms with Crippen LogP contribution in [0.2, 0.25) is 0 Å². The van der Waals surface area contributed by atoms with Gasteiger partial charge in [0.2, 0.25) is 0 Å². The number of ether oxygens (including phenoxy) is 1. The Morgan fingerprint density at radius 2 is 2.00 bits per heavy atom. The van der Waals surface area contributed by atoms with Gasteiger partial charge < -0.3 is 25.5 Å². The second kappa shape index (κ2) is 8.30. The summed E-state index contributed by atoms with van der Waals surface area (Å²) in [5.74, 6) is 1.21. The number of methoxy groups -OCH3 is 1. The summed E-state index contributed by atoms with van der Waals surface area (Å²) in [4.78, 5) is 8.70. The molecular weight excluding hydrogens is 366 g/mol. The van der Waals surface area contributed by atoms with E-state index in [0.717, 1.165) is 39.2 Å². The van der Waals surface area contributed by atoms with Gasteiger partial charge in [-0.2, -0.15) is 0 Å². The lowest BCUT2D eigenvalue weighted by Gasteiger charge is -2.08. The Morgan fingerprint density at radius 3 is 2.83 bits per heavy atom. The molecule has 2 aromatic carbocycles. The average molecular weight is 389 g/mol. The summed E-state index contributed by atoms with van der Waals surface area (Å²) in [6, 6.07) is 16.0. The summed E-state index contributed by atoms with van der Waals surface area (Å²) in [6.45, 7) is 1.34. The molecule has 0 aliphatic heterocycles. The number of aliphatic hydroxyl groups excluding tert-OH is 1. The molecule has 2 aromatic heterocycles. The summed E-state index contributed by atoms with van der Waals surface area (Å²) in [5, 5.41) is 13.0. The van der Waals surface area contributed by atoms with E-state index in [1.54, 1.807) is 7.11 Å². The number of rotatable bonds is 7. The molecule has 4 rings (SSSR count). The minimum absolute atomic E-state index is 0.113. The Kier molecular flexibility index (Phi) is 5.41. The Morgan fingerprint density at radius 1 is 1.14 bits per heavy atom. The fourth-order valence-corrected chi connectivity index (χ4v) is 3.42. The van der Waals surface area contributed by atoms with Crippen molar-refractivity contribution in [3.8, 4) is 22.6 Å². The smallest absolute Gasteiger partial charge is 0.150 e. The molecule has 148 valence electrons. The van der Waals surface area contributed by atoms with E-state index in [2.05, 4.69) is 21.4 Å². The van der Waals surface area contributed by atoms with Crippen molar-refractivity contribution in [2.24, 2.45) is 0 Å². The van der Waals surface area contributed by atoms with E-state index in [0.29, 0.717) is 18.9 Å². The highest BCUT2D eigenvalue weighted by atomic mass is 16.5. The molecule has 0 spiro atoms. The minimum atomic E-state index is 0.113. The SMILES string of the molecule is COc1cccc(-c2cn(-c3cccc(CNCCO)c3)c3ncnc(N)c23)c1. The third kappa shape index (κ3) is 3.78. The molecule has 0 atom stereocenters. The third-order valence-corrected chi connectivity index (χ3v) is 4.80. The monoisotopic (exact) mass is 389 g/mol. The lowest BCUT2D eigenvalue weighted by Crippen LogP contribution is -2.17. The topological polar surface area (TPSA) is 98.2 Å². The van der Waals surface area contributed by atoms with E-state index in [9.17, 15) is 0 Å². The van der Waals surface area contributed by atoms with E-state index < -0.39 is 0 Å². The molecule has 4 aromatic rings. The van der Waals surface area contributed by atoms with E-state index in [1.165, 1.54) is 6.33 Å². The van der Waals surface area contributed by atoms with Crippen molar-refractivity contribution in [2.45, 2.75) is 6.54 Å². The quantitative estimate of drug-likeness (QED) is 0.421. The second-order valence-corrected chi connectivity index (χ2v) is 6.67. The van der Waals surface area contributed by atoms with Crippen molar-refractivity contribution in [3.63, 3.8) is 0 Å². The van der Waals surface area contributed by atoms with E-state index in [4.69, 9.17) is 15.6 Å². The third-order valence-electron chi connectivity index (χ3n) is 4.80. The molecule has 0 bridgehead atoms.